The van der Waals surface area contributed by atoms with Crippen LogP contribution in [0.4, 0.5) is 0 Å². The van der Waals surface area contributed by atoms with E-state index in [2.05, 4.69) is 5.32 Å². The molecular weight excluding hydrogens is 212 g/mol. The summed E-state index contributed by atoms with van der Waals surface area (Å²) in [5.74, 6) is 3.84. The Bertz CT molecular complexity index is 329. The third-order valence-electron chi connectivity index (χ3n) is 4.18. The predicted molar refractivity (Wildman–Crippen MR) is 67.4 cm³/mol. The van der Waals surface area contributed by atoms with Crippen molar-refractivity contribution in [2.24, 2.45) is 23.5 Å². The summed E-state index contributed by atoms with van der Waals surface area (Å²) in [5.41, 5.74) is 5.81. The smallest absolute Gasteiger partial charge is 0.121 e. The van der Waals surface area contributed by atoms with E-state index in [0.29, 0.717) is 6.54 Å². The van der Waals surface area contributed by atoms with Crippen LogP contribution in [0.2, 0.25) is 0 Å². The minimum atomic E-state index is 0.185. The summed E-state index contributed by atoms with van der Waals surface area (Å²) >= 11 is 0. The molecule has 1 heterocycles. The highest BCUT2D eigenvalue weighted by Crippen LogP contribution is 2.48. The molecule has 2 saturated carbocycles. The molecule has 3 rings (SSSR count). The van der Waals surface area contributed by atoms with Crippen LogP contribution < -0.4 is 11.1 Å². The number of hydrogen-bond donors (Lipinski definition) is 2. The molecule has 1 aromatic heterocycles. The van der Waals surface area contributed by atoms with Crippen molar-refractivity contribution < 1.29 is 4.42 Å². The first-order valence-electron chi connectivity index (χ1n) is 6.85. The zero-order valence-electron chi connectivity index (χ0n) is 10.3. The van der Waals surface area contributed by atoms with E-state index in [-0.39, 0.29) is 6.04 Å². The van der Waals surface area contributed by atoms with E-state index in [0.717, 1.165) is 30.1 Å². The van der Waals surface area contributed by atoms with Crippen LogP contribution in [0.3, 0.4) is 0 Å². The van der Waals surface area contributed by atoms with Crippen molar-refractivity contribution in [2.45, 2.75) is 31.7 Å². The van der Waals surface area contributed by atoms with Crippen LogP contribution in [-0.2, 0) is 0 Å². The van der Waals surface area contributed by atoms with Gasteiger partial charge in [0.05, 0.1) is 12.3 Å². The van der Waals surface area contributed by atoms with Gasteiger partial charge in [-0.2, -0.15) is 0 Å². The Morgan fingerprint density at radius 1 is 1.29 bits per heavy atom. The summed E-state index contributed by atoms with van der Waals surface area (Å²) in [4.78, 5) is 0. The highest BCUT2D eigenvalue weighted by molar-refractivity contribution is 5.05. The van der Waals surface area contributed by atoms with Gasteiger partial charge in [-0.15, -0.1) is 0 Å². The molecule has 3 heteroatoms. The van der Waals surface area contributed by atoms with Crippen molar-refractivity contribution in [3.05, 3.63) is 24.2 Å². The first kappa shape index (κ1) is 11.3. The molecule has 0 amide bonds. The van der Waals surface area contributed by atoms with Gasteiger partial charge in [-0.3, -0.25) is 0 Å². The van der Waals surface area contributed by atoms with E-state index in [1.54, 1.807) is 6.26 Å². The fourth-order valence-electron chi connectivity index (χ4n) is 2.83. The lowest BCUT2D eigenvalue weighted by Crippen LogP contribution is -2.33. The van der Waals surface area contributed by atoms with E-state index in [4.69, 9.17) is 10.2 Å². The molecule has 2 aliphatic rings. The Morgan fingerprint density at radius 3 is 2.47 bits per heavy atom. The molecule has 1 unspecified atom stereocenters. The quantitative estimate of drug-likeness (QED) is 0.761. The third-order valence-corrected chi connectivity index (χ3v) is 4.18. The van der Waals surface area contributed by atoms with E-state index in [1.165, 1.54) is 25.7 Å². The maximum absolute atomic E-state index is 5.81. The Balaban J connectivity index is 1.54. The van der Waals surface area contributed by atoms with Crippen LogP contribution in [0.25, 0.3) is 0 Å². The normalized spacial score (nSPS) is 22.0. The molecule has 0 spiro atoms. The lowest BCUT2D eigenvalue weighted by molar-refractivity contribution is 0.336. The van der Waals surface area contributed by atoms with Crippen molar-refractivity contribution in [3.63, 3.8) is 0 Å². The Morgan fingerprint density at radius 2 is 2.00 bits per heavy atom. The lowest BCUT2D eigenvalue weighted by Gasteiger charge is -2.20. The van der Waals surface area contributed by atoms with Crippen molar-refractivity contribution in [2.75, 3.05) is 13.1 Å². The zero-order valence-corrected chi connectivity index (χ0v) is 10.3. The van der Waals surface area contributed by atoms with Gasteiger partial charge < -0.3 is 15.5 Å². The average Bonchev–Trinajstić information content (AvgIpc) is 3.27. The number of nitrogens with one attached hydrogen (secondary N) is 1. The Kier molecular flexibility index (Phi) is 3.21. The summed E-state index contributed by atoms with van der Waals surface area (Å²) < 4.78 is 5.43. The second-order valence-corrected chi connectivity index (χ2v) is 5.55. The van der Waals surface area contributed by atoms with E-state index >= 15 is 0 Å². The molecule has 3 N–H and O–H groups in total. The van der Waals surface area contributed by atoms with Gasteiger partial charge >= 0.3 is 0 Å². The predicted octanol–water partition coefficient (Wildman–Crippen LogP) is 2.31. The molecule has 2 aliphatic carbocycles. The van der Waals surface area contributed by atoms with Crippen LogP contribution >= 0.6 is 0 Å². The molecule has 0 saturated heterocycles. The molecule has 2 fully saturated rings. The maximum atomic E-state index is 5.81. The van der Waals surface area contributed by atoms with Crippen molar-refractivity contribution >= 4 is 0 Å². The molecule has 17 heavy (non-hydrogen) atoms. The second kappa shape index (κ2) is 4.83. The van der Waals surface area contributed by atoms with Gasteiger partial charge in [0.25, 0.3) is 0 Å². The zero-order chi connectivity index (χ0) is 11.7. The fraction of sp³-hybridized carbons (Fsp3) is 0.714. The largest absolute Gasteiger partial charge is 0.468 e. The van der Waals surface area contributed by atoms with E-state index < -0.39 is 0 Å². The number of furan rings is 1. The van der Waals surface area contributed by atoms with Crippen LogP contribution in [0.15, 0.2) is 22.8 Å². The van der Waals surface area contributed by atoms with Gasteiger partial charge in [0.15, 0.2) is 0 Å². The standard InChI is InChI=1S/C14H22N2O/c15-8-13(14-2-1-7-17-14)16-9-12(10-3-4-10)11-5-6-11/h1-2,7,10-13,16H,3-6,8-9,15H2. The summed E-state index contributed by atoms with van der Waals surface area (Å²) in [5, 5.41) is 3.60. The SMILES string of the molecule is NCC(NCC(C1CC1)C1CC1)c1ccco1. The maximum Gasteiger partial charge on any atom is 0.121 e. The van der Waals surface area contributed by atoms with E-state index in [1.807, 2.05) is 12.1 Å². The van der Waals surface area contributed by atoms with Gasteiger partial charge in [-0.25, -0.2) is 0 Å². The third kappa shape index (κ3) is 2.72. The average molecular weight is 234 g/mol. The van der Waals surface area contributed by atoms with Gasteiger partial charge in [0, 0.05) is 6.54 Å². The van der Waals surface area contributed by atoms with Gasteiger partial charge in [0.1, 0.15) is 5.76 Å². The van der Waals surface area contributed by atoms with Crippen LogP contribution in [0.1, 0.15) is 37.5 Å². The second-order valence-electron chi connectivity index (χ2n) is 5.55. The summed E-state index contributed by atoms with van der Waals surface area (Å²) in [6.45, 7) is 1.72. The van der Waals surface area contributed by atoms with Crippen molar-refractivity contribution in [1.82, 2.24) is 5.32 Å². The Labute approximate surface area is 103 Å². The number of nitrogens with two attached hydrogens (primary N) is 1. The molecule has 0 aromatic carbocycles. The summed E-state index contributed by atoms with van der Waals surface area (Å²) in [7, 11) is 0. The van der Waals surface area contributed by atoms with Crippen LogP contribution in [0, 0.1) is 17.8 Å². The molecular formula is C14H22N2O. The first-order valence-corrected chi connectivity index (χ1v) is 6.85. The minimum Gasteiger partial charge on any atom is -0.468 e. The fourth-order valence-corrected chi connectivity index (χ4v) is 2.83. The lowest BCUT2D eigenvalue weighted by atomic mass is 9.97. The highest BCUT2D eigenvalue weighted by atomic mass is 16.3. The number of rotatable bonds is 7. The molecule has 0 radical (unpaired) electrons. The molecule has 1 atom stereocenters. The monoisotopic (exact) mass is 234 g/mol. The van der Waals surface area contributed by atoms with Crippen molar-refractivity contribution in [1.29, 1.82) is 0 Å². The summed E-state index contributed by atoms with van der Waals surface area (Å²) in [6, 6.07) is 4.12. The topological polar surface area (TPSA) is 51.2 Å². The molecule has 94 valence electrons. The number of hydrogen-bond acceptors (Lipinski definition) is 3. The highest BCUT2D eigenvalue weighted by Gasteiger charge is 2.41. The Hall–Kier alpha value is -0.800. The van der Waals surface area contributed by atoms with E-state index in [9.17, 15) is 0 Å². The van der Waals surface area contributed by atoms with Gasteiger partial charge in [-0.05, 0) is 62.1 Å². The molecule has 1 aromatic rings. The van der Waals surface area contributed by atoms with Crippen LogP contribution in [0.5, 0.6) is 0 Å². The van der Waals surface area contributed by atoms with Gasteiger partial charge in [0.2, 0.25) is 0 Å². The minimum absolute atomic E-state index is 0.185. The summed E-state index contributed by atoms with van der Waals surface area (Å²) in [6.07, 6.45) is 7.49. The van der Waals surface area contributed by atoms with Crippen LogP contribution in [-0.4, -0.2) is 13.1 Å². The molecule has 0 bridgehead atoms. The van der Waals surface area contributed by atoms with Gasteiger partial charge in [-0.1, -0.05) is 0 Å². The molecule has 3 nitrogen and oxygen atoms in total. The van der Waals surface area contributed by atoms with Crippen molar-refractivity contribution in [3.8, 4) is 0 Å². The molecule has 0 aliphatic heterocycles. The first-order chi connectivity index (χ1) is 8.38.